The van der Waals surface area contributed by atoms with E-state index in [1.807, 2.05) is 24.3 Å². The Morgan fingerprint density at radius 1 is 1.11 bits per heavy atom. The summed E-state index contributed by atoms with van der Waals surface area (Å²) < 4.78 is 5.47. The number of piperidine rings is 1. The number of hydrogen-bond donors (Lipinski definition) is 1. The third kappa shape index (κ3) is 3.43. The third-order valence-electron chi connectivity index (χ3n) is 5.56. The molecule has 6 heteroatoms. The summed E-state index contributed by atoms with van der Waals surface area (Å²) in [5, 5.41) is 6.13. The van der Waals surface area contributed by atoms with Gasteiger partial charge in [-0.3, -0.25) is 4.90 Å². The van der Waals surface area contributed by atoms with Gasteiger partial charge >= 0.3 is 0 Å². The van der Waals surface area contributed by atoms with Gasteiger partial charge in [-0.25, -0.2) is 0 Å². The highest BCUT2D eigenvalue weighted by Gasteiger charge is 2.24. The van der Waals surface area contributed by atoms with Gasteiger partial charge < -0.3 is 9.51 Å². The molecule has 1 saturated heterocycles. The van der Waals surface area contributed by atoms with Crippen molar-refractivity contribution in [1.82, 2.24) is 20.0 Å². The number of rotatable bonds is 4. The first-order valence-corrected chi connectivity index (χ1v) is 10.0. The van der Waals surface area contributed by atoms with Crippen molar-refractivity contribution >= 4 is 22.5 Å². The van der Waals surface area contributed by atoms with Crippen LogP contribution in [0.5, 0.6) is 0 Å². The van der Waals surface area contributed by atoms with Gasteiger partial charge in [-0.1, -0.05) is 47.1 Å². The van der Waals surface area contributed by atoms with Crippen molar-refractivity contribution in [1.29, 1.82) is 0 Å². The Balaban J connectivity index is 1.23. The number of halogens is 1. The SMILES string of the molecule is Clc1cccc(-c2noc(CN3CCC(c4c[nH]c5ccccc45)CC3)n2)c1. The number of nitrogens with zero attached hydrogens (tertiary/aromatic N) is 3. The van der Waals surface area contributed by atoms with E-state index >= 15 is 0 Å². The predicted molar refractivity (Wildman–Crippen MR) is 110 cm³/mol. The van der Waals surface area contributed by atoms with Crippen molar-refractivity contribution in [3.05, 3.63) is 71.2 Å². The number of para-hydroxylation sites is 1. The molecule has 0 aliphatic carbocycles. The first kappa shape index (κ1) is 17.5. The number of likely N-dealkylation sites (tertiary alicyclic amines) is 1. The van der Waals surface area contributed by atoms with Gasteiger partial charge in [0.05, 0.1) is 6.54 Å². The summed E-state index contributed by atoms with van der Waals surface area (Å²) in [6.45, 7) is 2.74. The molecule has 5 rings (SSSR count). The van der Waals surface area contributed by atoms with Gasteiger partial charge in [-0.2, -0.15) is 4.98 Å². The Kier molecular flexibility index (Phi) is 4.63. The van der Waals surface area contributed by atoms with Gasteiger partial charge in [0.2, 0.25) is 11.7 Å². The van der Waals surface area contributed by atoms with E-state index in [-0.39, 0.29) is 0 Å². The van der Waals surface area contributed by atoms with E-state index < -0.39 is 0 Å². The molecular formula is C22H21ClN4O. The molecule has 2 aromatic carbocycles. The quantitative estimate of drug-likeness (QED) is 0.515. The summed E-state index contributed by atoms with van der Waals surface area (Å²) in [5.41, 5.74) is 3.54. The van der Waals surface area contributed by atoms with Crippen LogP contribution in [0.15, 0.2) is 59.3 Å². The fraction of sp³-hybridized carbons (Fsp3) is 0.273. The summed E-state index contributed by atoms with van der Waals surface area (Å²) in [7, 11) is 0. The van der Waals surface area contributed by atoms with E-state index in [1.54, 1.807) is 0 Å². The summed E-state index contributed by atoms with van der Waals surface area (Å²) in [5.74, 6) is 1.84. The molecule has 0 radical (unpaired) electrons. The van der Waals surface area contributed by atoms with E-state index in [2.05, 4.69) is 50.5 Å². The van der Waals surface area contributed by atoms with Crippen LogP contribution in [0.25, 0.3) is 22.3 Å². The monoisotopic (exact) mass is 392 g/mol. The Morgan fingerprint density at radius 3 is 2.82 bits per heavy atom. The standard InChI is InChI=1S/C22H21ClN4O/c23-17-5-3-4-16(12-17)22-25-21(28-26-22)14-27-10-8-15(9-11-27)19-13-24-20-7-2-1-6-18(19)20/h1-7,12-13,15,24H,8-11,14H2. The molecule has 0 saturated carbocycles. The number of aromatic nitrogens is 3. The molecule has 1 aliphatic rings. The lowest BCUT2D eigenvalue weighted by Gasteiger charge is -2.30. The highest BCUT2D eigenvalue weighted by atomic mass is 35.5. The van der Waals surface area contributed by atoms with E-state index in [4.69, 9.17) is 16.1 Å². The average Bonchev–Trinajstić information content (AvgIpc) is 3.36. The summed E-state index contributed by atoms with van der Waals surface area (Å²) in [6, 6.07) is 16.1. The van der Waals surface area contributed by atoms with Gasteiger partial charge in [-0.15, -0.1) is 0 Å². The second-order valence-corrected chi connectivity index (χ2v) is 7.80. The van der Waals surface area contributed by atoms with Crippen molar-refractivity contribution in [3.8, 4) is 11.4 Å². The molecule has 3 heterocycles. The molecule has 1 N–H and O–H groups in total. The minimum atomic E-state index is 0.589. The second kappa shape index (κ2) is 7.41. The van der Waals surface area contributed by atoms with Crippen LogP contribution in [0.1, 0.15) is 30.2 Å². The maximum atomic E-state index is 6.05. The Labute approximate surface area is 168 Å². The van der Waals surface area contributed by atoms with Crippen molar-refractivity contribution in [2.24, 2.45) is 0 Å². The lowest BCUT2D eigenvalue weighted by atomic mass is 9.89. The first-order valence-electron chi connectivity index (χ1n) is 9.63. The maximum absolute atomic E-state index is 6.05. The average molecular weight is 393 g/mol. The van der Waals surface area contributed by atoms with Crippen molar-refractivity contribution in [2.75, 3.05) is 13.1 Å². The molecule has 2 aromatic heterocycles. The third-order valence-corrected chi connectivity index (χ3v) is 5.79. The number of benzene rings is 2. The van der Waals surface area contributed by atoms with E-state index in [0.717, 1.165) is 31.5 Å². The molecule has 0 unspecified atom stereocenters. The zero-order valence-corrected chi connectivity index (χ0v) is 16.2. The molecule has 0 bridgehead atoms. The van der Waals surface area contributed by atoms with Crippen molar-refractivity contribution in [2.45, 2.75) is 25.3 Å². The summed E-state index contributed by atoms with van der Waals surface area (Å²) in [4.78, 5) is 10.3. The van der Waals surface area contributed by atoms with Gasteiger partial charge in [0.25, 0.3) is 0 Å². The fourth-order valence-corrected chi connectivity index (χ4v) is 4.28. The number of nitrogens with one attached hydrogen (secondary N) is 1. The highest BCUT2D eigenvalue weighted by molar-refractivity contribution is 6.30. The number of aromatic amines is 1. The normalized spacial score (nSPS) is 16.0. The minimum Gasteiger partial charge on any atom is -0.361 e. The molecule has 0 spiro atoms. The van der Waals surface area contributed by atoms with Crippen LogP contribution in [0.2, 0.25) is 5.02 Å². The summed E-state index contributed by atoms with van der Waals surface area (Å²) in [6.07, 6.45) is 4.45. The van der Waals surface area contributed by atoms with Crippen LogP contribution in [0.4, 0.5) is 0 Å². The van der Waals surface area contributed by atoms with Gasteiger partial charge in [0, 0.05) is 27.7 Å². The van der Waals surface area contributed by atoms with Crippen LogP contribution in [0.3, 0.4) is 0 Å². The smallest absolute Gasteiger partial charge is 0.241 e. The zero-order valence-electron chi connectivity index (χ0n) is 15.4. The van der Waals surface area contributed by atoms with Crippen LogP contribution < -0.4 is 0 Å². The van der Waals surface area contributed by atoms with E-state index in [9.17, 15) is 0 Å². The topological polar surface area (TPSA) is 58.0 Å². The lowest BCUT2D eigenvalue weighted by Crippen LogP contribution is -2.32. The van der Waals surface area contributed by atoms with Crippen LogP contribution >= 0.6 is 11.6 Å². The molecule has 1 aliphatic heterocycles. The molecule has 0 amide bonds. The lowest BCUT2D eigenvalue weighted by molar-refractivity contribution is 0.181. The molecule has 4 aromatic rings. The van der Waals surface area contributed by atoms with Crippen LogP contribution in [-0.4, -0.2) is 33.1 Å². The molecule has 0 atom stereocenters. The number of fused-ring (bicyclic) bond motifs is 1. The minimum absolute atomic E-state index is 0.589. The van der Waals surface area contributed by atoms with Crippen LogP contribution in [-0.2, 0) is 6.54 Å². The van der Waals surface area contributed by atoms with Crippen molar-refractivity contribution in [3.63, 3.8) is 0 Å². The Hall–Kier alpha value is -2.63. The van der Waals surface area contributed by atoms with Gasteiger partial charge in [0.1, 0.15) is 0 Å². The van der Waals surface area contributed by atoms with Crippen LogP contribution in [0, 0.1) is 0 Å². The number of H-pyrrole nitrogens is 1. The molecule has 1 fully saturated rings. The Morgan fingerprint density at radius 2 is 1.96 bits per heavy atom. The largest absolute Gasteiger partial charge is 0.361 e. The second-order valence-electron chi connectivity index (χ2n) is 7.36. The Bertz CT molecular complexity index is 1090. The predicted octanol–water partition coefficient (Wildman–Crippen LogP) is 5.25. The van der Waals surface area contributed by atoms with Gasteiger partial charge in [-0.05, 0) is 55.6 Å². The maximum Gasteiger partial charge on any atom is 0.241 e. The molecule has 28 heavy (non-hydrogen) atoms. The highest BCUT2D eigenvalue weighted by Crippen LogP contribution is 2.33. The summed E-state index contributed by atoms with van der Waals surface area (Å²) >= 11 is 6.05. The van der Waals surface area contributed by atoms with E-state index in [1.165, 1.54) is 16.5 Å². The zero-order chi connectivity index (χ0) is 18.9. The first-order chi connectivity index (χ1) is 13.8. The number of hydrogen-bond acceptors (Lipinski definition) is 4. The van der Waals surface area contributed by atoms with Crippen molar-refractivity contribution < 1.29 is 4.52 Å². The van der Waals surface area contributed by atoms with E-state index in [0.29, 0.717) is 29.2 Å². The molecule has 142 valence electrons. The molecular weight excluding hydrogens is 372 g/mol. The molecule has 5 nitrogen and oxygen atoms in total. The van der Waals surface area contributed by atoms with Gasteiger partial charge in [0.15, 0.2) is 0 Å². The fourth-order valence-electron chi connectivity index (χ4n) is 4.09.